The van der Waals surface area contributed by atoms with Crippen LogP contribution in [0.1, 0.15) is 38.8 Å². The first-order valence-electron chi connectivity index (χ1n) is 11.5. The smallest absolute Gasteiger partial charge is 0.210 e. The van der Waals surface area contributed by atoms with Gasteiger partial charge in [-0.15, -0.1) is 0 Å². The van der Waals surface area contributed by atoms with Crippen molar-refractivity contribution >= 4 is 40.4 Å². The van der Waals surface area contributed by atoms with E-state index < -0.39 is 11.9 Å². The van der Waals surface area contributed by atoms with Crippen LogP contribution in [0.2, 0.25) is 0 Å². The number of H-pyrrole nitrogens is 1. The number of nitrogens with zero attached hydrogens (tertiary/aromatic N) is 1. The van der Waals surface area contributed by atoms with Crippen LogP contribution in [-0.4, -0.2) is 21.9 Å². The number of hydrogen-bond acceptors (Lipinski definition) is 3. The molecular formula is C30H23AcN4O2-. The second kappa shape index (κ2) is 12.2. The van der Waals surface area contributed by atoms with Gasteiger partial charge in [0.05, 0.1) is 11.2 Å². The van der Waals surface area contributed by atoms with Gasteiger partial charge in [-0.2, -0.15) is 5.10 Å². The van der Waals surface area contributed by atoms with Crippen LogP contribution in [0.15, 0.2) is 103 Å². The Kier molecular flexibility index (Phi) is 8.83. The van der Waals surface area contributed by atoms with Crippen molar-refractivity contribution in [2.75, 3.05) is 5.32 Å². The Balaban J connectivity index is 0.00000320. The summed E-state index contributed by atoms with van der Waals surface area (Å²) in [6, 6.07) is 30.0. The van der Waals surface area contributed by atoms with Gasteiger partial charge in [-0.25, -0.2) is 0 Å². The van der Waals surface area contributed by atoms with Gasteiger partial charge in [-0.1, -0.05) is 90.5 Å². The Bertz CT molecular complexity index is 1560. The maximum atomic E-state index is 13.2. The quantitative estimate of drug-likeness (QED) is 0.185. The fourth-order valence-corrected chi connectivity index (χ4v) is 3.96. The summed E-state index contributed by atoms with van der Waals surface area (Å²) < 4.78 is 0. The van der Waals surface area contributed by atoms with Crippen molar-refractivity contribution in [1.82, 2.24) is 10.2 Å². The van der Waals surface area contributed by atoms with Crippen molar-refractivity contribution < 1.29 is 53.7 Å². The van der Waals surface area contributed by atoms with Gasteiger partial charge in [0.2, 0.25) is 5.91 Å². The molecule has 6 nitrogen and oxygen atoms in total. The summed E-state index contributed by atoms with van der Waals surface area (Å²) in [6.45, 7) is 0. The number of aromatic nitrogens is 2. The van der Waals surface area contributed by atoms with E-state index in [1.165, 1.54) is 0 Å². The molecule has 1 aromatic heterocycles. The van der Waals surface area contributed by atoms with Crippen LogP contribution in [0.25, 0.3) is 28.8 Å². The molecule has 0 saturated heterocycles. The molecule has 1 atom stereocenters. The van der Waals surface area contributed by atoms with E-state index in [1.54, 1.807) is 60.7 Å². The van der Waals surface area contributed by atoms with Crippen LogP contribution in [0.3, 0.4) is 0 Å². The monoisotopic (exact) mass is 698 g/mol. The summed E-state index contributed by atoms with van der Waals surface area (Å²) in [5, 5.41) is 11.1. The van der Waals surface area contributed by atoms with E-state index >= 15 is 0 Å². The third-order valence-electron chi connectivity index (χ3n) is 5.88. The average molecular weight is 699 g/mol. The topological polar surface area (TPSA) is 98.7 Å². The number of ketones is 1. The molecule has 0 saturated carbocycles. The minimum absolute atomic E-state index is 0. The van der Waals surface area contributed by atoms with Crippen LogP contribution in [-0.2, 0) is 4.79 Å². The summed E-state index contributed by atoms with van der Waals surface area (Å²) >= 11 is 0. The summed E-state index contributed by atoms with van der Waals surface area (Å²) in [4.78, 5) is 25.8. The molecule has 1 radical (unpaired) electrons. The van der Waals surface area contributed by atoms with Gasteiger partial charge in [0.25, 0.3) is 0 Å². The van der Waals surface area contributed by atoms with E-state index in [4.69, 9.17) is 5.73 Å². The number of amides is 1. The summed E-state index contributed by atoms with van der Waals surface area (Å²) in [7, 11) is 0. The molecule has 0 aliphatic heterocycles. The third-order valence-corrected chi connectivity index (χ3v) is 5.88. The first kappa shape index (κ1) is 26.7. The van der Waals surface area contributed by atoms with Crippen LogP contribution < -0.4 is 5.32 Å². The first-order chi connectivity index (χ1) is 17.6. The minimum atomic E-state index is -1.06. The van der Waals surface area contributed by atoms with E-state index in [0.717, 1.165) is 22.2 Å². The van der Waals surface area contributed by atoms with Gasteiger partial charge in [-0.05, 0) is 41.9 Å². The maximum Gasteiger partial charge on any atom is 0.210 e. The molecule has 5 rings (SSSR count). The van der Waals surface area contributed by atoms with E-state index in [-0.39, 0.29) is 49.8 Å². The SMILES string of the molecule is [Ac].[NH-]C(C(=O)Nc1cccc(C(=O)c2ccc3c(/C=C/c4ccccc4)n[nH]c3c2)c1)c1ccccc1. The number of benzene rings is 4. The van der Waals surface area contributed by atoms with Gasteiger partial charge in [-0.3, -0.25) is 14.7 Å². The number of rotatable bonds is 7. The number of fused-ring (bicyclic) bond motifs is 1. The number of nitrogens with one attached hydrogen (secondary N) is 3. The number of carbonyl (C=O) groups is 2. The summed E-state index contributed by atoms with van der Waals surface area (Å²) in [5.41, 5.74) is 12.9. The molecule has 0 spiro atoms. The van der Waals surface area contributed by atoms with E-state index in [0.29, 0.717) is 22.4 Å². The van der Waals surface area contributed by atoms with Crippen LogP contribution in [0, 0.1) is 44.1 Å². The Morgan fingerprint density at radius 2 is 1.51 bits per heavy atom. The molecular weight excluding hydrogens is 675 g/mol. The molecule has 0 fully saturated rings. The van der Waals surface area contributed by atoms with Crippen molar-refractivity contribution in [3.05, 3.63) is 137 Å². The molecule has 1 unspecified atom stereocenters. The van der Waals surface area contributed by atoms with E-state index in [2.05, 4.69) is 15.5 Å². The molecule has 0 aliphatic rings. The zero-order valence-corrected chi connectivity index (χ0v) is 24.6. The molecule has 7 heteroatoms. The molecule has 0 bridgehead atoms. The molecule has 179 valence electrons. The Hall–Kier alpha value is -3.37. The van der Waals surface area contributed by atoms with Crippen LogP contribution in [0.5, 0.6) is 0 Å². The predicted octanol–water partition coefficient (Wildman–Crippen LogP) is 6.70. The molecule has 4 aromatic carbocycles. The fraction of sp³-hybridized carbons (Fsp3) is 0.0333. The Morgan fingerprint density at radius 3 is 2.27 bits per heavy atom. The van der Waals surface area contributed by atoms with Crippen molar-refractivity contribution in [3.63, 3.8) is 0 Å². The molecule has 3 N–H and O–H groups in total. The zero-order chi connectivity index (χ0) is 24.9. The zero-order valence-electron chi connectivity index (χ0n) is 19.9. The second-order valence-corrected chi connectivity index (χ2v) is 8.36. The second-order valence-electron chi connectivity index (χ2n) is 8.36. The van der Waals surface area contributed by atoms with Crippen molar-refractivity contribution in [3.8, 4) is 0 Å². The standard InChI is InChI=1S/C30H23N4O2.Ac/c31-28(21-10-5-2-6-11-21)30(36)32-24-13-7-12-22(18-24)29(35)23-15-16-25-26(33-34-27(25)19-23)17-14-20-8-3-1-4-9-20;/h1-19,28,31H,(H,32,36)(H,33,34);/q-1;/b17-14+;. The van der Waals surface area contributed by atoms with Gasteiger partial charge < -0.3 is 11.1 Å². The van der Waals surface area contributed by atoms with Crippen molar-refractivity contribution in [2.45, 2.75) is 6.04 Å². The minimum Gasteiger partial charge on any atom is -0.663 e. The first-order valence-corrected chi connectivity index (χ1v) is 11.5. The number of carbonyl (C=O) groups excluding carboxylic acids is 2. The van der Waals surface area contributed by atoms with Crippen molar-refractivity contribution in [2.24, 2.45) is 0 Å². The fourth-order valence-electron chi connectivity index (χ4n) is 3.96. The van der Waals surface area contributed by atoms with E-state index in [9.17, 15) is 9.59 Å². The van der Waals surface area contributed by atoms with Crippen molar-refractivity contribution in [1.29, 1.82) is 0 Å². The normalized spacial score (nSPS) is 11.7. The van der Waals surface area contributed by atoms with Gasteiger partial charge >= 0.3 is 0 Å². The summed E-state index contributed by atoms with van der Waals surface area (Å²) in [5.74, 6) is -0.629. The third kappa shape index (κ3) is 6.31. The molecule has 1 heterocycles. The largest absolute Gasteiger partial charge is 0.663 e. The van der Waals surface area contributed by atoms with E-state index in [1.807, 2.05) is 54.6 Å². The summed E-state index contributed by atoms with van der Waals surface area (Å²) in [6.07, 6.45) is 3.94. The van der Waals surface area contributed by atoms with Gasteiger partial charge in [0.1, 0.15) is 0 Å². The Labute approximate surface area is 250 Å². The van der Waals surface area contributed by atoms with Crippen LogP contribution >= 0.6 is 0 Å². The van der Waals surface area contributed by atoms with Crippen LogP contribution in [0.4, 0.5) is 5.69 Å². The number of anilines is 1. The number of hydrogen-bond donors (Lipinski definition) is 2. The average Bonchev–Trinajstić information content (AvgIpc) is 3.34. The molecule has 5 aromatic rings. The van der Waals surface area contributed by atoms with Gasteiger partial charge in [0, 0.05) is 66.3 Å². The predicted molar refractivity (Wildman–Crippen MR) is 143 cm³/mol. The molecule has 37 heavy (non-hydrogen) atoms. The maximum absolute atomic E-state index is 13.2. The molecule has 1 amide bonds. The molecule has 0 aliphatic carbocycles. The van der Waals surface area contributed by atoms with Gasteiger partial charge in [0.15, 0.2) is 5.78 Å². The number of aromatic amines is 1. The Morgan fingerprint density at radius 1 is 0.811 bits per heavy atom.